The average molecular weight is 788 g/mol. The molecule has 4 aliphatic heterocycles. The number of ether oxygens (including phenoxy) is 7. The van der Waals surface area contributed by atoms with Gasteiger partial charge >= 0.3 is 7.82 Å². The summed E-state index contributed by atoms with van der Waals surface area (Å²) in [5, 5.41) is 127. The topological polar surface area (TPSA) is 403 Å². The molecule has 304 valence electrons. The molecule has 4 fully saturated rings. The van der Waals surface area contributed by atoms with E-state index in [1.165, 1.54) is 0 Å². The van der Waals surface area contributed by atoms with Gasteiger partial charge in [-0.05, 0) is 0 Å². The van der Waals surface area contributed by atoms with Crippen molar-refractivity contribution in [3.8, 4) is 0 Å². The Kier molecular flexibility index (Phi) is 15.2. The third kappa shape index (κ3) is 9.97. The number of aliphatic hydroxyl groups excluding tert-OH is 12. The maximum atomic E-state index is 11.6. The van der Waals surface area contributed by atoms with Crippen molar-refractivity contribution in [2.75, 3.05) is 26.4 Å². The number of hydrogen-bond acceptors (Lipinski definition) is 22. The van der Waals surface area contributed by atoms with E-state index in [9.17, 15) is 70.6 Å². The molecule has 0 aromatic carbocycles. The number of amides is 1. The van der Waals surface area contributed by atoms with Crippen LogP contribution in [0.5, 0.6) is 0 Å². The average Bonchev–Trinajstić information content (AvgIpc) is 3.08. The Morgan fingerprint density at radius 1 is 0.596 bits per heavy atom. The van der Waals surface area contributed by atoms with Crippen LogP contribution in [0.15, 0.2) is 0 Å². The monoisotopic (exact) mass is 787 g/mol. The first-order chi connectivity index (χ1) is 24.3. The summed E-state index contributed by atoms with van der Waals surface area (Å²) in [6.07, 6.45) is -35.3. The van der Waals surface area contributed by atoms with Crippen LogP contribution in [0, 0.1) is 0 Å². The lowest BCUT2D eigenvalue weighted by atomic mass is 9.95. The lowest BCUT2D eigenvalue weighted by Gasteiger charge is -2.47. The first-order valence-electron chi connectivity index (χ1n) is 15.8. The molecule has 0 aromatic heterocycles. The van der Waals surface area contributed by atoms with E-state index in [1.807, 2.05) is 0 Å². The van der Waals surface area contributed by atoms with Crippen molar-refractivity contribution in [2.24, 2.45) is 0 Å². The fraction of sp³-hybridized carbons (Fsp3) is 0.962. The number of carbonyl (C=O) groups is 1. The predicted molar refractivity (Wildman–Crippen MR) is 156 cm³/mol. The lowest BCUT2D eigenvalue weighted by Crippen LogP contribution is -2.67. The third-order valence-electron chi connectivity index (χ3n) is 8.82. The quantitative estimate of drug-likeness (QED) is 0.0770. The molecule has 1 amide bonds. The second-order valence-corrected chi connectivity index (χ2v) is 13.8. The van der Waals surface area contributed by atoms with Gasteiger partial charge in [0.2, 0.25) is 5.91 Å². The van der Waals surface area contributed by atoms with E-state index >= 15 is 0 Å². The van der Waals surface area contributed by atoms with E-state index in [1.54, 1.807) is 0 Å². The molecule has 4 saturated heterocycles. The molecule has 26 heteroatoms. The maximum absolute atomic E-state index is 11.6. The molecule has 4 aliphatic rings. The minimum absolute atomic E-state index is 0.682. The molecule has 1 unspecified atom stereocenters. The summed E-state index contributed by atoms with van der Waals surface area (Å²) in [6, 6.07) is -1.48. The SMILES string of the molecule is CC(=O)N[C@H]1C(O)O[C@H](CO)[C@@H](O[C@H]2O[C@H](CO[C@H]3O[C@H](CO)[C@@H](O)[C@H](O)[C@@H]3O[C@H]3O[C@H](COP(=O)(O)O)[C@@H](O)[C@H](O)[C@@H]3O)[C@@H](O)[C@H](O)[C@@H]2O)[C@@H]1O. The Morgan fingerprint density at radius 2 is 1.08 bits per heavy atom. The van der Waals surface area contributed by atoms with Crippen LogP contribution < -0.4 is 5.32 Å². The van der Waals surface area contributed by atoms with Crippen molar-refractivity contribution < 1.29 is 118 Å². The highest BCUT2D eigenvalue weighted by Crippen LogP contribution is 2.38. The molecule has 0 bridgehead atoms. The molecule has 20 atom stereocenters. The Bertz CT molecular complexity index is 1200. The largest absolute Gasteiger partial charge is 0.469 e. The number of phosphoric ester groups is 1. The summed E-state index contributed by atoms with van der Waals surface area (Å²) in [5.41, 5.74) is 0. The molecule has 52 heavy (non-hydrogen) atoms. The molecule has 15 N–H and O–H groups in total. The molecular weight excluding hydrogens is 741 g/mol. The number of nitrogens with one attached hydrogen (secondary N) is 1. The summed E-state index contributed by atoms with van der Waals surface area (Å²) in [6.45, 7) is -2.50. The first-order valence-corrected chi connectivity index (χ1v) is 17.4. The highest BCUT2D eigenvalue weighted by atomic mass is 31.2. The van der Waals surface area contributed by atoms with Crippen molar-refractivity contribution in [3.05, 3.63) is 0 Å². The first kappa shape index (κ1) is 43.5. The zero-order chi connectivity index (χ0) is 38.8. The summed E-state index contributed by atoms with van der Waals surface area (Å²) < 4.78 is 53.9. The zero-order valence-corrected chi connectivity index (χ0v) is 28.1. The Labute approximate surface area is 293 Å². The van der Waals surface area contributed by atoms with Gasteiger partial charge in [-0.2, -0.15) is 0 Å². The Balaban J connectivity index is 1.50. The van der Waals surface area contributed by atoms with Gasteiger partial charge in [-0.3, -0.25) is 9.32 Å². The van der Waals surface area contributed by atoms with E-state index in [2.05, 4.69) is 9.84 Å². The van der Waals surface area contributed by atoms with E-state index in [0.717, 1.165) is 6.92 Å². The van der Waals surface area contributed by atoms with Gasteiger partial charge in [0.15, 0.2) is 25.2 Å². The van der Waals surface area contributed by atoms with Crippen molar-refractivity contribution in [2.45, 2.75) is 130 Å². The molecule has 4 heterocycles. The summed E-state index contributed by atoms with van der Waals surface area (Å²) in [5.74, 6) is -0.682. The van der Waals surface area contributed by atoms with Gasteiger partial charge in [0.05, 0.1) is 26.4 Å². The van der Waals surface area contributed by atoms with Crippen LogP contribution in [0.3, 0.4) is 0 Å². The van der Waals surface area contributed by atoms with Crippen molar-refractivity contribution in [1.82, 2.24) is 5.32 Å². The van der Waals surface area contributed by atoms with Crippen LogP contribution in [0.2, 0.25) is 0 Å². The molecule has 4 rings (SSSR count). The normalized spacial score (nSPS) is 47.6. The highest BCUT2D eigenvalue weighted by molar-refractivity contribution is 7.46. The van der Waals surface area contributed by atoms with E-state index in [-0.39, 0.29) is 0 Å². The Hall–Kier alpha value is -1.18. The Morgan fingerprint density at radius 3 is 1.58 bits per heavy atom. The predicted octanol–water partition coefficient (Wildman–Crippen LogP) is -9.49. The number of rotatable bonds is 13. The summed E-state index contributed by atoms with van der Waals surface area (Å²) in [4.78, 5) is 29.6. The van der Waals surface area contributed by atoms with Crippen molar-refractivity contribution >= 4 is 13.7 Å². The molecule has 0 radical (unpaired) electrons. The molecule has 0 spiro atoms. The molecule has 0 aliphatic carbocycles. The number of hydrogen-bond donors (Lipinski definition) is 15. The molecule has 25 nitrogen and oxygen atoms in total. The fourth-order valence-corrected chi connectivity index (χ4v) is 6.32. The van der Waals surface area contributed by atoms with Gasteiger partial charge in [-0.1, -0.05) is 0 Å². The van der Waals surface area contributed by atoms with Crippen LogP contribution in [-0.2, 0) is 47.0 Å². The van der Waals surface area contributed by atoms with Gasteiger partial charge in [0.25, 0.3) is 0 Å². The number of aliphatic hydroxyl groups is 12. The van der Waals surface area contributed by atoms with Crippen molar-refractivity contribution in [3.63, 3.8) is 0 Å². The van der Waals surface area contributed by atoms with Crippen LogP contribution in [0.1, 0.15) is 6.92 Å². The van der Waals surface area contributed by atoms with Gasteiger partial charge < -0.3 is 110 Å². The lowest BCUT2D eigenvalue weighted by molar-refractivity contribution is -0.376. The van der Waals surface area contributed by atoms with Gasteiger partial charge in [-0.25, -0.2) is 4.57 Å². The number of phosphoric acid groups is 1. The minimum Gasteiger partial charge on any atom is -0.394 e. The smallest absolute Gasteiger partial charge is 0.394 e. The van der Waals surface area contributed by atoms with Crippen LogP contribution in [-0.4, -0.2) is 226 Å². The van der Waals surface area contributed by atoms with E-state index in [0.29, 0.717) is 0 Å². The van der Waals surface area contributed by atoms with E-state index in [4.69, 9.17) is 42.9 Å². The van der Waals surface area contributed by atoms with E-state index < -0.39 is 163 Å². The highest BCUT2D eigenvalue weighted by Gasteiger charge is 2.54. The second-order valence-electron chi connectivity index (χ2n) is 12.5. The van der Waals surface area contributed by atoms with Crippen molar-refractivity contribution in [1.29, 1.82) is 0 Å². The van der Waals surface area contributed by atoms with Gasteiger partial charge in [0, 0.05) is 6.92 Å². The van der Waals surface area contributed by atoms with Crippen LogP contribution in [0.25, 0.3) is 0 Å². The third-order valence-corrected chi connectivity index (χ3v) is 9.30. The molecular formula is C26H46NO24P. The maximum Gasteiger partial charge on any atom is 0.469 e. The standard InChI is InChI=1S/C26H46NO24P/c1-6(30)27-11-15(34)21(8(3-29)46-23(11)40)50-24-19(38)16(35)13(32)9(48-24)4-44-26-22(18(37)12(31)7(2-28)47-26)51-25-20(39)17(36)14(33)10(49-25)5-45-52(41,42)43/h7-26,28-29,31-40H,2-5H2,1H3,(H,27,30)(H2,41,42,43)/t7-,8-,9-,10-,11-,12-,13-,14-,15-,16+,17+,18+,19+,20+,21-,22+,23?,24-,25-,26+/m1/s1. The molecule has 0 aromatic rings. The summed E-state index contributed by atoms with van der Waals surface area (Å²) >= 11 is 0. The minimum atomic E-state index is -5.10. The van der Waals surface area contributed by atoms with Crippen LogP contribution in [0.4, 0.5) is 0 Å². The fourth-order valence-electron chi connectivity index (χ4n) is 5.98. The molecule has 0 saturated carbocycles. The number of carbonyl (C=O) groups excluding carboxylic acids is 1. The summed E-state index contributed by atoms with van der Waals surface area (Å²) in [7, 11) is -5.10. The zero-order valence-electron chi connectivity index (χ0n) is 27.2. The van der Waals surface area contributed by atoms with Crippen LogP contribution >= 0.6 is 7.82 Å². The van der Waals surface area contributed by atoms with Gasteiger partial charge in [0.1, 0.15) is 97.6 Å². The van der Waals surface area contributed by atoms with Gasteiger partial charge in [-0.15, -0.1) is 0 Å². The second kappa shape index (κ2) is 18.2.